The van der Waals surface area contributed by atoms with Crippen LogP contribution in [0.1, 0.15) is 25.0 Å². The van der Waals surface area contributed by atoms with Gasteiger partial charge >= 0.3 is 0 Å². The molecule has 1 aliphatic carbocycles. The minimum atomic E-state index is -0.0678. The molecule has 0 spiro atoms. The molecule has 0 unspecified atom stereocenters. The van der Waals surface area contributed by atoms with Crippen molar-refractivity contribution in [1.82, 2.24) is 0 Å². The van der Waals surface area contributed by atoms with Gasteiger partial charge in [0.2, 0.25) is 0 Å². The average Bonchev–Trinajstić information content (AvgIpc) is 3.90. The number of thiophene rings is 1. The largest absolute Gasteiger partial charge is 0.456 e. The SMILES string of the molecule is CC1(C)c2cc(-c3ccc(N(c4ccc5c(c4)oc4ccccc45)c4ccc5c(c4)oc4ccccc45)cc3)ccc2-c2sc3ccccc3c21. The maximum atomic E-state index is 6.35. The van der Waals surface area contributed by atoms with Gasteiger partial charge in [-0.3, -0.25) is 0 Å². The summed E-state index contributed by atoms with van der Waals surface area (Å²) in [6, 6.07) is 54.3. The molecule has 4 heteroatoms. The second-order valence-electron chi connectivity index (χ2n) is 14.1. The van der Waals surface area contributed by atoms with Gasteiger partial charge in [-0.1, -0.05) is 92.7 Å². The van der Waals surface area contributed by atoms with Crippen molar-refractivity contribution < 1.29 is 8.83 Å². The number of fused-ring (bicyclic) bond motifs is 11. The molecule has 242 valence electrons. The van der Waals surface area contributed by atoms with E-state index in [0.29, 0.717) is 0 Å². The van der Waals surface area contributed by atoms with E-state index in [9.17, 15) is 0 Å². The van der Waals surface area contributed by atoms with Crippen LogP contribution in [0, 0.1) is 0 Å². The van der Waals surface area contributed by atoms with Gasteiger partial charge < -0.3 is 13.7 Å². The van der Waals surface area contributed by atoms with Gasteiger partial charge in [0, 0.05) is 65.7 Å². The molecular weight excluding hydrogens is 643 g/mol. The Bertz CT molecular complexity index is 2900. The fraction of sp³-hybridized carbons (Fsp3) is 0.0638. The maximum Gasteiger partial charge on any atom is 0.137 e. The van der Waals surface area contributed by atoms with Crippen LogP contribution in [0.2, 0.25) is 0 Å². The van der Waals surface area contributed by atoms with E-state index < -0.39 is 0 Å². The van der Waals surface area contributed by atoms with Crippen molar-refractivity contribution in [3.63, 3.8) is 0 Å². The van der Waals surface area contributed by atoms with E-state index in [2.05, 4.69) is 146 Å². The Morgan fingerprint density at radius 2 is 1.00 bits per heavy atom. The highest BCUT2D eigenvalue weighted by Crippen LogP contribution is 2.56. The van der Waals surface area contributed by atoms with Crippen molar-refractivity contribution >= 4 is 82.4 Å². The predicted octanol–water partition coefficient (Wildman–Crippen LogP) is 14.1. The third-order valence-corrected chi connectivity index (χ3v) is 12.1. The molecule has 3 nitrogen and oxygen atoms in total. The normalized spacial score (nSPS) is 13.5. The van der Waals surface area contributed by atoms with Crippen LogP contribution in [0.3, 0.4) is 0 Å². The highest BCUT2D eigenvalue weighted by atomic mass is 32.1. The first kappa shape index (κ1) is 28.7. The van der Waals surface area contributed by atoms with E-state index in [4.69, 9.17) is 8.83 Å². The highest BCUT2D eigenvalue weighted by molar-refractivity contribution is 7.22. The molecule has 3 heterocycles. The third-order valence-electron chi connectivity index (χ3n) is 10.9. The van der Waals surface area contributed by atoms with Gasteiger partial charge in [0.1, 0.15) is 22.3 Å². The van der Waals surface area contributed by atoms with Crippen molar-refractivity contribution in [3.05, 3.63) is 163 Å². The number of anilines is 3. The summed E-state index contributed by atoms with van der Waals surface area (Å²) in [4.78, 5) is 3.70. The summed E-state index contributed by atoms with van der Waals surface area (Å²) >= 11 is 1.92. The lowest BCUT2D eigenvalue weighted by atomic mass is 9.80. The fourth-order valence-electron chi connectivity index (χ4n) is 8.39. The van der Waals surface area contributed by atoms with Crippen LogP contribution in [-0.4, -0.2) is 0 Å². The molecule has 3 aromatic heterocycles. The zero-order chi connectivity index (χ0) is 33.8. The third kappa shape index (κ3) is 4.17. The molecule has 51 heavy (non-hydrogen) atoms. The van der Waals surface area contributed by atoms with E-state index >= 15 is 0 Å². The van der Waals surface area contributed by atoms with E-state index in [1.807, 2.05) is 35.6 Å². The number of benzene rings is 7. The molecule has 0 radical (unpaired) electrons. The molecule has 0 saturated carbocycles. The van der Waals surface area contributed by atoms with Crippen LogP contribution in [0.15, 0.2) is 160 Å². The fourth-order valence-corrected chi connectivity index (χ4v) is 9.79. The summed E-state index contributed by atoms with van der Waals surface area (Å²) in [5.74, 6) is 0. The first-order valence-electron chi connectivity index (χ1n) is 17.4. The van der Waals surface area contributed by atoms with Crippen molar-refractivity contribution in [2.24, 2.45) is 0 Å². The van der Waals surface area contributed by atoms with E-state index in [0.717, 1.165) is 60.9 Å². The molecular formula is C47H31NO2S. The van der Waals surface area contributed by atoms with Gasteiger partial charge in [0.05, 0.1) is 0 Å². The van der Waals surface area contributed by atoms with Crippen LogP contribution >= 0.6 is 11.3 Å². The highest BCUT2D eigenvalue weighted by Gasteiger charge is 2.38. The number of rotatable bonds is 4. The Balaban J connectivity index is 1.02. The standard InChI is InChI=1S/C47H31NO2S/c1-47(2)39-25-29(17-22-37(39)46-45(47)38-11-5-8-14-44(38)51-46)28-15-18-30(19-16-28)48(31-20-23-35-33-9-3-6-12-40(33)49-42(35)26-31)32-21-24-36-34-10-4-7-13-41(34)50-43(36)27-32/h3-27H,1-2H3. The summed E-state index contributed by atoms with van der Waals surface area (Å²) in [6.45, 7) is 4.75. The second-order valence-corrected chi connectivity index (χ2v) is 15.2. The number of furan rings is 2. The monoisotopic (exact) mass is 673 g/mol. The van der Waals surface area contributed by atoms with E-state index in [1.165, 1.54) is 42.8 Å². The molecule has 11 rings (SSSR count). The molecule has 0 atom stereocenters. The summed E-state index contributed by atoms with van der Waals surface area (Å²) in [5.41, 5.74) is 13.2. The molecule has 0 saturated heterocycles. The number of hydrogen-bond acceptors (Lipinski definition) is 4. The first-order chi connectivity index (χ1) is 25.0. The van der Waals surface area contributed by atoms with Crippen LogP contribution in [0.4, 0.5) is 17.1 Å². The second kappa shape index (κ2) is 10.5. The summed E-state index contributed by atoms with van der Waals surface area (Å²) in [5, 5.41) is 5.85. The zero-order valence-electron chi connectivity index (χ0n) is 28.1. The predicted molar refractivity (Wildman–Crippen MR) is 214 cm³/mol. The minimum Gasteiger partial charge on any atom is -0.456 e. The Morgan fingerprint density at radius 1 is 0.471 bits per heavy atom. The van der Waals surface area contributed by atoms with Gasteiger partial charge in [-0.2, -0.15) is 0 Å². The van der Waals surface area contributed by atoms with Crippen LogP contribution in [0.5, 0.6) is 0 Å². The molecule has 1 aliphatic rings. The maximum absolute atomic E-state index is 6.35. The Morgan fingerprint density at radius 3 is 1.65 bits per heavy atom. The smallest absolute Gasteiger partial charge is 0.137 e. The van der Waals surface area contributed by atoms with Crippen molar-refractivity contribution in [2.45, 2.75) is 19.3 Å². The van der Waals surface area contributed by atoms with Gasteiger partial charge in [0.15, 0.2) is 0 Å². The molecule has 0 amide bonds. The summed E-state index contributed by atoms with van der Waals surface area (Å²) in [7, 11) is 0. The molecule has 10 aromatic rings. The van der Waals surface area contributed by atoms with E-state index in [-0.39, 0.29) is 5.41 Å². The lowest BCUT2D eigenvalue weighted by Gasteiger charge is -2.26. The van der Waals surface area contributed by atoms with Gasteiger partial charge in [-0.05, 0) is 93.9 Å². The van der Waals surface area contributed by atoms with Gasteiger partial charge in [-0.25, -0.2) is 0 Å². The molecule has 0 fully saturated rings. The van der Waals surface area contributed by atoms with Crippen molar-refractivity contribution in [2.75, 3.05) is 4.90 Å². The zero-order valence-corrected chi connectivity index (χ0v) is 28.9. The van der Waals surface area contributed by atoms with Gasteiger partial charge in [0.25, 0.3) is 0 Å². The Kier molecular flexibility index (Phi) is 5.89. The lowest BCUT2D eigenvalue weighted by Crippen LogP contribution is -2.15. The van der Waals surface area contributed by atoms with Gasteiger partial charge in [-0.15, -0.1) is 11.3 Å². The lowest BCUT2D eigenvalue weighted by molar-refractivity contribution is 0.667. The number of para-hydroxylation sites is 2. The Hall–Kier alpha value is -6.10. The molecule has 0 bridgehead atoms. The summed E-state index contributed by atoms with van der Waals surface area (Å²) < 4.78 is 14.1. The van der Waals surface area contributed by atoms with Crippen LogP contribution in [-0.2, 0) is 5.41 Å². The topological polar surface area (TPSA) is 29.5 Å². The van der Waals surface area contributed by atoms with Crippen molar-refractivity contribution in [3.8, 4) is 21.6 Å². The first-order valence-corrected chi connectivity index (χ1v) is 18.2. The van der Waals surface area contributed by atoms with E-state index in [1.54, 1.807) is 0 Å². The quantitative estimate of drug-likeness (QED) is 0.186. The Labute approximate surface area is 298 Å². The molecule has 7 aromatic carbocycles. The average molecular weight is 674 g/mol. The number of nitrogens with zero attached hydrogens (tertiary/aromatic N) is 1. The van der Waals surface area contributed by atoms with Crippen molar-refractivity contribution in [1.29, 1.82) is 0 Å². The van der Waals surface area contributed by atoms with Crippen LogP contribution < -0.4 is 4.90 Å². The van der Waals surface area contributed by atoms with Crippen LogP contribution in [0.25, 0.3) is 75.5 Å². The molecule has 0 aliphatic heterocycles. The molecule has 0 N–H and O–H groups in total. The number of hydrogen-bond donors (Lipinski definition) is 0. The minimum absolute atomic E-state index is 0.0678. The summed E-state index contributed by atoms with van der Waals surface area (Å²) in [6.07, 6.45) is 0.